The summed E-state index contributed by atoms with van der Waals surface area (Å²) >= 11 is 0. The van der Waals surface area contributed by atoms with E-state index in [9.17, 15) is 0 Å². The van der Waals surface area contributed by atoms with Crippen LogP contribution >= 0.6 is 0 Å². The zero-order chi connectivity index (χ0) is 13.2. The highest BCUT2D eigenvalue weighted by Gasteiger charge is 2.23. The number of hydrogen-bond donors (Lipinski definition) is 2. The molecule has 2 heterocycles. The fourth-order valence-electron chi connectivity index (χ4n) is 2.06. The third-order valence-electron chi connectivity index (χ3n) is 3.25. The molecule has 1 aromatic heterocycles. The summed E-state index contributed by atoms with van der Waals surface area (Å²) in [5.74, 6) is 7.46. The predicted molar refractivity (Wildman–Crippen MR) is 71.3 cm³/mol. The van der Waals surface area contributed by atoms with Crippen molar-refractivity contribution in [2.45, 2.75) is 44.9 Å². The van der Waals surface area contributed by atoms with Gasteiger partial charge in [0.2, 0.25) is 0 Å². The van der Waals surface area contributed by atoms with Crippen molar-refractivity contribution in [2.75, 3.05) is 18.6 Å². The van der Waals surface area contributed by atoms with Crippen LogP contribution in [0.2, 0.25) is 0 Å². The third-order valence-corrected chi connectivity index (χ3v) is 3.25. The largest absolute Gasteiger partial charge is 0.381 e. The van der Waals surface area contributed by atoms with E-state index < -0.39 is 0 Å². The molecule has 3 N–H and O–H groups in total. The molecule has 0 amide bonds. The molecular weight excluding hydrogens is 228 g/mol. The summed E-state index contributed by atoms with van der Waals surface area (Å²) in [6.07, 6.45) is 1.97. The van der Waals surface area contributed by atoms with Crippen LogP contribution in [0.1, 0.15) is 51.0 Å². The number of nitrogens with zero attached hydrogens (tertiary/aromatic N) is 2. The Labute approximate surface area is 108 Å². The van der Waals surface area contributed by atoms with E-state index in [0.29, 0.717) is 11.7 Å². The standard InChI is InChI=1S/C13H22N4O/c1-13(2,3)10-8-11(17-14)16-12(15-10)9-4-6-18-7-5-9/h8-9H,4-7,14H2,1-3H3,(H,15,16,17). The molecule has 1 fully saturated rings. The number of nitrogens with two attached hydrogens (primary N) is 1. The number of anilines is 1. The van der Waals surface area contributed by atoms with Gasteiger partial charge >= 0.3 is 0 Å². The summed E-state index contributed by atoms with van der Waals surface area (Å²) in [6.45, 7) is 8.01. The van der Waals surface area contributed by atoms with Crippen LogP contribution in [0.25, 0.3) is 0 Å². The second kappa shape index (κ2) is 5.20. The SMILES string of the molecule is CC(C)(C)c1cc(NN)nc(C2CCOCC2)n1. The minimum absolute atomic E-state index is 0.00550. The van der Waals surface area contributed by atoms with Crippen molar-refractivity contribution in [3.8, 4) is 0 Å². The lowest BCUT2D eigenvalue weighted by Crippen LogP contribution is -2.22. The van der Waals surface area contributed by atoms with Gasteiger partial charge in [-0.3, -0.25) is 0 Å². The first-order chi connectivity index (χ1) is 8.50. The summed E-state index contributed by atoms with van der Waals surface area (Å²) in [6, 6.07) is 1.92. The number of rotatable bonds is 2. The van der Waals surface area contributed by atoms with E-state index in [1.54, 1.807) is 0 Å². The average molecular weight is 250 g/mol. The van der Waals surface area contributed by atoms with Gasteiger partial charge in [0.05, 0.1) is 5.69 Å². The highest BCUT2D eigenvalue weighted by molar-refractivity contribution is 5.37. The molecule has 0 bridgehead atoms. The fraction of sp³-hybridized carbons (Fsp3) is 0.692. The van der Waals surface area contributed by atoms with Crippen LogP contribution in [-0.4, -0.2) is 23.2 Å². The summed E-state index contributed by atoms with van der Waals surface area (Å²) in [5, 5.41) is 0. The molecule has 0 spiro atoms. The zero-order valence-corrected chi connectivity index (χ0v) is 11.4. The molecule has 1 aliphatic heterocycles. The van der Waals surface area contributed by atoms with Gasteiger partial charge in [-0.25, -0.2) is 15.8 Å². The summed E-state index contributed by atoms with van der Waals surface area (Å²) in [7, 11) is 0. The third kappa shape index (κ3) is 2.97. The Kier molecular flexibility index (Phi) is 3.82. The normalized spacial score (nSPS) is 17.8. The molecule has 0 aromatic carbocycles. The van der Waals surface area contributed by atoms with Gasteiger partial charge in [-0.15, -0.1) is 0 Å². The molecule has 2 rings (SSSR count). The number of hydrogen-bond acceptors (Lipinski definition) is 5. The van der Waals surface area contributed by atoms with Crippen molar-refractivity contribution in [1.82, 2.24) is 9.97 Å². The summed E-state index contributed by atoms with van der Waals surface area (Å²) < 4.78 is 5.38. The van der Waals surface area contributed by atoms with Gasteiger partial charge in [0.25, 0.3) is 0 Å². The number of ether oxygens (including phenoxy) is 1. The first-order valence-corrected chi connectivity index (χ1v) is 6.44. The smallest absolute Gasteiger partial charge is 0.143 e. The number of hydrazine groups is 1. The van der Waals surface area contributed by atoms with Crippen molar-refractivity contribution < 1.29 is 4.74 Å². The summed E-state index contributed by atoms with van der Waals surface area (Å²) in [4.78, 5) is 9.20. The van der Waals surface area contributed by atoms with Crippen LogP contribution in [-0.2, 0) is 10.2 Å². The predicted octanol–water partition coefficient (Wildman–Crippen LogP) is 1.95. The Morgan fingerprint density at radius 2 is 1.94 bits per heavy atom. The first kappa shape index (κ1) is 13.2. The fourth-order valence-corrected chi connectivity index (χ4v) is 2.06. The lowest BCUT2D eigenvalue weighted by molar-refractivity contribution is 0.0835. The Hall–Kier alpha value is -1.20. The number of aromatic nitrogens is 2. The van der Waals surface area contributed by atoms with E-state index in [-0.39, 0.29) is 5.41 Å². The maximum Gasteiger partial charge on any atom is 0.143 e. The van der Waals surface area contributed by atoms with Crippen LogP contribution in [0.15, 0.2) is 6.07 Å². The van der Waals surface area contributed by atoms with E-state index in [4.69, 9.17) is 15.6 Å². The average Bonchev–Trinajstić information content (AvgIpc) is 2.38. The van der Waals surface area contributed by atoms with Crippen LogP contribution in [0.5, 0.6) is 0 Å². The van der Waals surface area contributed by atoms with Crippen LogP contribution in [0, 0.1) is 0 Å². The minimum Gasteiger partial charge on any atom is -0.381 e. The van der Waals surface area contributed by atoms with Gasteiger partial charge < -0.3 is 10.2 Å². The van der Waals surface area contributed by atoms with E-state index in [0.717, 1.165) is 37.6 Å². The second-order valence-electron chi connectivity index (χ2n) is 5.78. The van der Waals surface area contributed by atoms with Crippen molar-refractivity contribution in [2.24, 2.45) is 5.84 Å². The van der Waals surface area contributed by atoms with Gasteiger partial charge in [-0.05, 0) is 12.8 Å². The van der Waals surface area contributed by atoms with Crippen molar-refractivity contribution in [3.05, 3.63) is 17.6 Å². The Morgan fingerprint density at radius 1 is 1.28 bits per heavy atom. The monoisotopic (exact) mass is 250 g/mol. The van der Waals surface area contributed by atoms with Gasteiger partial charge in [0.15, 0.2) is 0 Å². The minimum atomic E-state index is -0.00550. The molecule has 18 heavy (non-hydrogen) atoms. The van der Waals surface area contributed by atoms with Gasteiger partial charge in [0.1, 0.15) is 11.6 Å². The van der Waals surface area contributed by atoms with Crippen molar-refractivity contribution in [1.29, 1.82) is 0 Å². The quantitative estimate of drug-likeness (QED) is 0.620. The molecule has 0 atom stereocenters. The van der Waals surface area contributed by atoms with Gasteiger partial charge in [0, 0.05) is 30.6 Å². The van der Waals surface area contributed by atoms with Crippen molar-refractivity contribution >= 4 is 5.82 Å². The molecule has 0 saturated carbocycles. The Bertz CT molecular complexity index is 408. The van der Waals surface area contributed by atoms with Gasteiger partial charge in [-0.1, -0.05) is 20.8 Å². The molecule has 5 heteroatoms. The second-order valence-corrected chi connectivity index (χ2v) is 5.78. The lowest BCUT2D eigenvalue weighted by Gasteiger charge is -2.24. The molecule has 0 unspecified atom stereocenters. The molecule has 1 saturated heterocycles. The highest BCUT2D eigenvalue weighted by Crippen LogP contribution is 2.28. The molecule has 100 valence electrons. The maximum absolute atomic E-state index is 5.50. The van der Waals surface area contributed by atoms with E-state index in [2.05, 4.69) is 31.2 Å². The Balaban J connectivity index is 2.34. The first-order valence-electron chi connectivity index (χ1n) is 6.44. The molecule has 1 aliphatic rings. The molecule has 1 aromatic rings. The summed E-state index contributed by atoms with van der Waals surface area (Å²) in [5.41, 5.74) is 3.65. The number of nitrogens with one attached hydrogen (secondary N) is 1. The van der Waals surface area contributed by atoms with Crippen LogP contribution in [0.3, 0.4) is 0 Å². The zero-order valence-electron chi connectivity index (χ0n) is 11.4. The molecule has 0 aliphatic carbocycles. The number of nitrogen functional groups attached to an aromatic ring is 1. The van der Waals surface area contributed by atoms with Crippen molar-refractivity contribution in [3.63, 3.8) is 0 Å². The van der Waals surface area contributed by atoms with Gasteiger partial charge in [-0.2, -0.15) is 0 Å². The van der Waals surface area contributed by atoms with Crippen LogP contribution < -0.4 is 11.3 Å². The van der Waals surface area contributed by atoms with E-state index >= 15 is 0 Å². The highest BCUT2D eigenvalue weighted by atomic mass is 16.5. The maximum atomic E-state index is 5.50. The van der Waals surface area contributed by atoms with E-state index in [1.807, 2.05) is 6.07 Å². The molecule has 0 radical (unpaired) electrons. The lowest BCUT2D eigenvalue weighted by atomic mass is 9.91. The van der Waals surface area contributed by atoms with E-state index in [1.165, 1.54) is 0 Å². The Morgan fingerprint density at radius 3 is 2.50 bits per heavy atom. The topological polar surface area (TPSA) is 73.1 Å². The molecular formula is C13H22N4O. The van der Waals surface area contributed by atoms with Crippen LogP contribution in [0.4, 0.5) is 5.82 Å². The molecule has 5 nitrogen and oxygen atoms in total.